The zero-order valence-corrected chi connectivity index (χ0v) is 18.2. The minimum Gasteiger partial charge on any atom is -0.442 e. The van der Waals surface area contributed by atoms with E-state index in [0.29, 0.717) is 37.6 Å². The van der Waals surface area contributed by atoms with Crippen LogP contribution in [0.4, 0.5) is 20.6 Å². The van der Waals surface area contributed by atoms with Crippen molar-refractivity contribution in [2.24, 2.45) is 0 Å². The number of amides is 3. The van der Waals surface area contributed by atoms with Crippen LogP contribution in [0.2, 0.25) is 0 Å². The number of piperazine rings is 1. The molecule has 3 aliphatic rings. The van der Waals surface area contributed by atoms with Crippen molar-refractivity contribution in [2.45, 2.75) is 13.0 Å². The van der Waals surface area contributed by atoms with E-state index in [1.807, 2.05) is 4.90 Å². The quantitative estimate of drug-likeness (QED) is 0.679. The van der Waals surface area contributed by atoms with Crippen LogP contribution in [0.5, 0.6) is 0 Å². The smallest absolute Gasteiger partial charge is 0.414 e. The lowest BCUT2D eigenvalue weighted by Crippen LogP contribution is -2.50. The van der Waals surface area contributed by atoms with Crippen molar-refractivity contribution < 1.29 is 28.7 Å². The topological polar surface area (TPSA) is 106 Å². The Hall–Kier alpha value is -3.60. The molecule has 2 fully saturated rings. The molecule has 0 aromatic heterocycles. The summed E-state index contributed by atoms with van der Waals surface area (Å²) in [5.41, 5.74) is 0.980. The Morgan fingerprint density at radius 3 is 2.67 bits per heavy atom. The number of allylic oxidation sites excluding steroid dienone is 2. The number of anilines is 2. The van der Waals surface area contributed by atoms with E-state index in [0.717, 1.165) is 5.06 Å². The predicted octanol–water partition coefficient (Wildman–Crippen LogP) is 1.08. The Morgan fingerprint density at radius 1 is 1.24 bits per heavy atom. The number of nitrogens with one attached hydrogen (secondary N) is 1. The van der Waals surface area contributed by atoms with Gasteiger partial charge in [0, 0.05) is 33.1 Å². The lowest BCUT2D eigenvalue weighted by atomic mass is 10.2. The van der Waals surface area contributed by atoms with Crippen LogP contribution in [0.15, 0.2) is 42.1 Å². The fourth-order valence-corrected chi connectivity index (χ4v) is 4.01. The Bertz CT molecular complexity index is 1000. The minimum absolute atomic E-state index is 0.197. The van der Waals surface area contributed by atoms with Crippen molar-refractivity contribution in [3.05, 3.63) is 47.9 Å². The molecular formula is C22H26FN5O5. The summed E-state index contributed by atoms with van der Waals surface area (Å²) >= 11 is 0. The maximum absolute atomic E-state index is 14.9. The normalized spacial score (nSPS) is 20.6. The van der Waals surface area contributed by atoms with Gasteiger partial charge in [0.25, 0.3) is 5.91 Å². The highest BCUT2D eigenvalue weighted by Crippen LogP contribution is 2.28. The molecule has 0 unspecified atom stereocenters. The molecular weight excluding hydrogens is 433 g/mol. The van der Waals surface area contributed by atoms with E-state index in [1.165, 1.54) is 17.9 Å². The molecule has 11 heteroatoms. The third-order valence-electron chi connectivity index (χ3n) is 5.77. The number of rotatable bonds is 5. The number of carbonyl (C=O) groups excluding carboxylic acids is 3. The summed E-state index contributed by atoms with van der Waals surface area (Å²) in [6.07, 6.45) is 3.95. The Morgan fingerprint density at radius 2 is 2.00 bits per heavy atom. The second-order valence-electron chi connectivity index (χ2n) is 8.03. The van der Waals surface area contributed by atoms with E-state index in [2.05, 4.69) is 5.32 Å². The number of nitrogens with zero attached hydrogens (tertiary/aromatic N) is 4. The van der Waals surface area contributed by atoms with Crippen LogP contribution in [-0.4, -0.2) is 85.0 Å². The number of cyclic esters (lactones) is 1. The number of ether oxygens (including phenoxy) is 1. The summed E-state index contributed by atoms with van der Waals surface area (Å²) in [4.78, 5) is 40.7. The molecule has 33 heavy (non-hydrogen) atoms. The molecule has 0 bridgehead atoms. The average Bonchev–Trinajstić information content (AvgIpc) is 3.18. The first-order valence-electron chi connectivity index (χ1n) is 10.7. The third-order valence-corrected chi connectivity index (χ3v) is 5.77. The fraction of sp³-hybridized carbons (Fsp3) is 0.409. The van der Waals surface area contributed by atoms with Crippen molar-refractivity contribution >= 4 is 29.3 Å². The molecule has 3 amide bonds. The zero-order chi connectivity index (χ0) is 23.5. The third kappa shape index (κ3) is 4.92. The summed E-state index contributed by atoms with van der Waals surface area (Å²) in [5, 5.41) is 13.4. The van der Waals surface area contributed by atoms with Gasteiger partial charge in [0.2, 0.25) is 5.91 Å². The lowest BCUT2D eigenvalue weighted by molar-refractivity contribution is -0.136. The molecule has 1 aromatic rings. The molecule has 2 N–H and O–H groups in total. The van der Waals surface area contributed by atoms with Crippen LogP contribution in [0, 0.1) is 5.82 Å². The van der Waals surface area contributed by atoms with Gasteiger partial charge in [0.15, 0.2) is 0 Å². The van der Waals surface area contributed by atoms with Crippen molar-refractivity contribution in [2.75, 3.05) is 55.6 Å². The molecule has 1 aromatic carbocycles. The first-order chi connectivity index (χ1) is 15.8. The number of hydrogen-bond donors (Lipinski definition) is 2. The molecule has 10 nitrogen and oxygen atoms in total. The fourth-order valence-electron chi connectivity index (χ4n) is 4.01. The number of carbonyl (C=O) groups is 3. The van der Waals surface area contributed by atoms with Crippen LogP contribution in [-0.2, 0) is 14.3 Å². The van der Waals surface area contributed by atoms with Crippen LogP contribution in [0.25, 0.3) is 0 Å². The number of halogens is 1. The largest absolute Gasteiger partial charge is 0.442 e. The molecule has 1 atom stereocenters. The summed E-state index contributed by atoms with van der Waals surface area (Å²) in [6, 6.07) is 4.55. The maximum Gasteiger partial charge on any atom is 0.414 e. The van der Waals surface area contributed by atoms with Gasteiger partial charge in [-0.3, -0.25) is 19.7 Å². The summed E-state index contributed by atoms with van der Waals surface area (Å²) in [6.45, 7) is 3.68. The molecule has 0 aliphatic carbocycles. The van der Waals surface area contributed by atoms with E-state index in [9.17, 15) is 24.0 Å². The van der Waals surface area contributed by atoms with Gasteiger partial charge < -0.3 is 19.9 Å². The molecule has 0 spiro atoms. The SMILES string of the molecule is CC(=O)NC[C@H]1CN(c2ccc(N3CCN(C(=O)C4=CC=CCN4O)CC3)c(F)c2)C(=O)O1. The molecule has 0 radical (unpaired) electrons. The van der Waals surface area contributed by atoms with Crippen LogP contribution in [0.3, 0.4) is 0 Å². The van der Waals surface area contributed by atoms with Gasteiger partial charge in [0.1, 0.15) is 17.6 Å². The number of benzene rings is 1. The summed E-state index contributed by atoms with van der Waals surface area (Å²) in [5.74, 6) is -0.964. The highest BCUT2D eigenvalue weighted by atomic mass is 19.1. The van der Waals surface area contributed by atoms with Crippen molar-refractivity contribution in [3.63, 3.8) is 0 Å². The first-order valence-corrected chi connectivity index (χ1v) is 10.7. The Balaban J connectivity index is 1.37. The van der Waals surface area contributed by atoms with Gasteiger partial charge in [-0.2, -0.15) is 0 Å². The standard InChI is InChI=1S/C22H26FN5O5/c1-15(29)24-13-17-14-27(22(31)33-17)16-5-6-19(18(23)12-16)25-8-10-26(11-9-25)21(30)20-4-2-3-7-28(20)32/h2-6,12,17,32H,7-11,13-14H2,1H3,(H,24,29)/t17-/m0/s1. The molecule has 3 aliphatic heterocycles. The Kier molecular flexibility index (Phi) is 6.50. The van der Waals surface area contributed by atoms with Gasteiger partial charge >= 0.3 is 6.09 Å². The number of hydroxylamine groups is 2. The average molecular weight is 459 g/mol. The van der Waals surface area contributed by atoms with Crippen LogP contribution < -0.4 is 15.1 Å². The van der Waals surface area contributed by atoms with E-state index in [1.54, 1.807) is 35.3 Å². The van der Waals surface area contributed by atoms with Gasteiger partial charge in [-0.05, 0) is 24.3 Å². The Labute approximate surface area is 190 Å². The van der Waals surface area contributed by atoms with Crippen LogP contribution in [0.1, 0.15) is 6.92 Å². The molecule has 3 heterocycles. The second kappa shape index (κ2) is 9.49. The van der Waals surface area contributed by atoms with E-state index >= 15 is 0 Å². The minimum atomic E-state index is -0.589. The first kappa shape index (κ1) is 22.6. The van der Waals surface area contributed by atoms with Gasteiger partial charge in [0.05, 0.1) is 31.0 Å². The van der Waals surface area contributed by atoms with Crippen molar-refractivity contribution in [3.8, 4) is 0 Å². The van der Waals surface area contributed by atoms with Crippen LogP contribution >= 0.6 is 0 Å². The molecule has 2 saturated heterocycles. The molecule has 0 saturated carbocycles. The second-order valence-corrected chi connectivity index (χ2v) is 8.03. The lowest BCUT2D eigenvalue weighted by Gasteiger charge is -2.37. The predicted molar refractivity (Wildman–Crippen MR) is 117 cm³/mol. The van der Waals surface area contributed by atoms with Gasteiger partial charge in [-0.25, -0.2) is 14.2 Å². The summed E-state index contributed by atoms with van der Waals surface area (Å²) in [7, 11) is 0. The van der Waals surface area contributed by atoms with E-state index in [4.69, 9.17) is 4.74 Å². The molecule has 176 valence electrons. The zero-order valence-electron chi connectivity index (χ0n) is 18.2. The van der Waals surface area contributed by atoms with Crippen molar-refractivity contribution in [1.82, 2.24) is 15.3 Å². The highest BCUT2D eigenvalue weighted by Gasteiger charge is 2.33. The monoisotopic (exact) mass is 459 g/mol. The highest BCUT2D eigenvalue weighted by molar-refractivity contribution is 5.93. The van der Waals surface area contributed by atoms with E-state index < -0.39 is 18.0 Å². The molecule has 4 rings (SSSR count). The van der Waals surface area contributed by atoms with E-state index in [-0.39, 0.29) is 37.1 Å². The van der Waals surface area contributed by atoms with Crippen molar-refractivity contribution in [1.29, 1.82) is 0 Å². The number of hydrogen-bond acceptors (Lipinski definition) is 7. The van der Waals surface area contributed by atoms with Gasteiger partial charge in [-0.1, -0.05) is 12.2 Å². The maximum atomic E-state index is 14.9. The summed E-state index contributed by atoms with van der Waals surface area (Å²) < 4.78 is 20.2. The van der Waals surface area contributed by atoms with Gasteiger partial charge in [-0.15, -0.1) is 0 Å².